The first kappa shape index (κ1) is 20.8. The number of anilines is 1. The van der Waals surface area contributed by atoms with Crippen molar-refractivity contribution in [2.45, 2.75) is 26.7 Å². The number of hydrogen-bond acceptors (Lipinski definition) is 4. The average molecular weight is 389 g/mol. The van der Waals surface area contributed by atoms with Crippen LogP contribution < -0.4 is 20.7 Å². The summed E-state index contributed by atoms with van der Waals surface area (Å²) in [5.41, 5.74) is 0.727. The van der Waals surface area contributed by atoms with Gasteiger partial charge in [0.1, 0.15) is 12.4 Å². The molecule has 1 aromatic carbocycles. The molecule has 0 aliphatic rings. The molecule has 0 fully saturated rings. The maximum absolute atomic E-state index is 11.1. The Morgan fingerprint density at radius 3 is 2.81 bits per heavy atom. The Morgan fingerprint density at radius 1 is 1.26 bits per heavy atom. The molecule has 1 amide bonds. The monoisotopic (exact) mass is 388 g/mol. The SMILES string of the molecule is CCNC(=NCC(C)c1cccs1)NCCOc1cccc(NC(C)=O)c1. The lowest BCUT2D eigenvalue weighted by Gasteiger charge is -2.14. The molecule has 0 radical (unpaired) electrons. The summed E-state index contributed by atoms with van der Waals surface area (Å²) < 4.78 is 5.75. The standard InChI is InChI=1S/C20H28N4O2S/c1-4-21-20(23-14-15(2)19-9-6-12-27-19)22-10-11-26-18-8-5-7-17(13-18)24-16(3)25/h5-9,12-13,15H,4,10-11,14H2,1-3H3,(H,24,25)(H2,21,22,23). The molecule has 0 saturated heterocycles. The number of thiophene rings is 1. The number of nitrogens with zero attached hydrogens (tertiary/aromatic N) is 1. The number of nitrogens with one attached hydrogen (secondary N) is 3. The number of carbonyl (C=O) groups excluding carboxylic acids is 1. The minimum Gasteiger partial charge on any atom is -0.492 e. The van der Waals surface area contributed by atoms with Crippen molar-refractivity contribution in [1.82, 2.24) is 10.6 Å². The minimum absolute atomic E-state index is 0.0999. The van der Waals surface area contributed by atoms with Crippen LogP contribution in [0.2, 0.25) is 0 Å². The Bertz CT molecular complexity index is 731. The summed E-state index contributed by atoms with van der Waals surface area (Å²) in [7, 11) is 0. The van der Waals surface area contributed by atoms with E-state index in [1.807, 2.05) is 31.2 Å². The van der Waals surface area contributed by atoms with E-state index in [2.05, 4.69) is 45.4 Å². The van der Waals surface area contributed by atoms with Crippen LogP contribution in [0, 0.1) is 0 Å². The summed E-state index contributed by atoms with van der Waals surface area (Å²) in [6.45, 7) is 8.37. The molecule has 146 valence electrons. The molecule has 1 atom stereocenters. The summed E-state index contributed by atoms with van der Waals surface area (Å²) in [5.74, 6) is 1.80. The van der Waals surface area contributed by atoms with Gasteiger partial charge in [0.05, 0.1) is 13.1 Å². The number of carbonyl (C=O) groups is 1. The highest BCUT2D eigenvalue weighted by Gasteiger charge is 2.06. The van der Waals surface area contributed by atoms with Crippen molar-refractivity contribution < 1.29 is 9.53 Å². The Labute approximate surface area is 165 Å². The van der Waals surface area contributed by atoms with Gasteiger partial charge in [-0.3, -0.25) is 9.79 Å². The van der Waals surface area contributed by atoms with Crippen LogP contribution in [0.25, 0.3) is 0 Å². The molecule has 0 aliphatic carbocycles. The highest BCUT2D eigenvalue weighted by atomic mass is 32.1. The van der Waals surface area contributed by atoms with Crippen molar-refractivity contribution in [3.05, 3.63) is 46.7 Å². The van der Waals surface area contributed by atoms with Gasteiger partial charge >= 0.3 is 0 Å². The van der Waals surface area contributed by atoms with Crippen molar-refractivity contribution in [2.75, 3.05) is 31.6 Å². The van der Waals surface area contributed by atoms with Crippen LogP contribution in [0.15, 0.2) is 46.8 Å². The lowest BCUT2D eigenvalue weighted by atomic mass is 10.1. The van der Waals surface area contributed by atoms with Gasteiger partial charge in [0, 0.05) is 36.0 Å². The second kappa shape index (κ2) is 11.2. The third-order valence-electron chi connectivity index (χ3n) is 3.71. The van der Waals surface area contributed by atoms with E-state index in [0.717, 1.165) is 30.5 Å². The minimum atomic E-state index is -0.0999. The first-order valence-electron chi connectivity index (χ1n) is 9.14. The second-order valence-electron chi connectivity index (χ2n) is 6.12. The highest BCUT2D eigenvalue weighted by Crippen LogP contribution is 2.20. The van der Waals surface area contributed by atoms with Crippen molar-refractivity contribution in [3.8, 4) is 5.75 Å². The van der Waals surface area contributed by atoms with Crippen LogP contribution in [0.3, 0.4) is 0 Å². The zero-order valence-corrected chi connectivity index (χ0v) is 16.9. The maximum Gasteiger partial charge on any atom is 0.221 e. The van der Waals surface area contributed by atoms with Crippen LogP contribution in [0.4, 0.5) is 5.69 Å². The predicted octanol–water partition coefficient (Wildman–Crippen LogP) is 3.44. The summed E-state index contributed by atoms with van der Waals surface area (Å²) in [6.07, 6.45) is 0. The Hall–Kier alpha value is -2.54. The Balaban J connectivity index is 1.78. The Kier molecular flexibility index (Phi) is 8.64. The van der Waals surface area contributed by atoms with E-state index in [-0.39, 0.29) is 5.91 Å². The molecule has 0 saturated carbocycles. The van der Waals surface area contributed by atoms with Crippen molar-refractivity contribution in [3.63, 3.8) is 0 Å². The van der Waals surface area contributed by atoms with Gasteiger partial charge in [-0.25, -0.2) is 0 Å². The molecular formula is C20H28N4O2S. The molecule has 1 aromatic heterocycles. The molecule has 2 rings (SSSR count). The number of hydrogen-bond donors (Lipinski definition) is 3. The zero-order chi connectivity index (χ0) is 19.5. The number of amides is 1. The molecule has 27 heavy (non-hydrogen) atoms. The molecule has 3 N–H and O–H groups in total. The third-order valence-corrected chi connectivity index (χ3v) is 4.82. The quantitative estimate of drug-likeness (QED) is 0.349. The van der Waals surface area contributed by atoms with Gasteiger partial charge in [-0.05, 0) is 30.5 Å². The van der Waals surface area contributed by atoms with E-state index in [1.165, 1.54) is 11.8 Å². The number of ether oxygens (including phenoxy) is 1. The Morgan fingerprint density at radius 2 is 2.11 bits per heavy atom. The largest absolute Gasteiger partial charge is 0.492 e. The molecule has 0 aliphatic heterocycles. The molecule has 1 unspecified atom stereocenters. The first-order chi connectivity index (χ1) is 13.1. The summed E-state index contributed by atoms with van der Waals surface area (Å²) in [6, 6.07) is 11.6. The lowest BCUT2D eigenvalue weighted by Crippen LogP contribution is -2.39. The first-order valence-corrected chi connectivity index (χ1v) is 10.0. The van der Waals surface area contributed by atoms with E-state index >= 15 is 0 Å². The van der Waals surface area contributed by atoms with Crippen LogP contribution in [0.5, 0.6) is 5.75 Å². The van der Waals surface area contributed by atoms with E-state index in [4.69, 9.17) is 4.74 Å². The maximum atomic E-state index is 11.1. The van der Waals surface area contributed by atoms with E-state index < -0.39 is 0 Å². The van der Waals surface area contributed by atoms with E-state index in [9.17, 15) is 4.79 Å². The number of rotatable bonds is 9. The summed E-state index contributed by atoms with van der Waals surface area (Å²) in [5, 5.41) is 11.4. The summed E-state index contributed by atoms with van der Waals surface area (Å²) in [4.78, 5) is 17.1. The summed E-state index contributed by atoms with van der Waals surface area (Å²) >= 11 is 1.76. The van der Waals surface area contributed by atoms with Crippen LogP contribution >= 0.6 is 11.3 Å². The third kappa shape index (κ3) is 7.70. The van der Waals surface area contributed by atoms with Gasteiger partial charge in [0.2, 0.25) is 5.91 Å². The van der Waals surface area contributed by atoms with Gasteiger partial charge in [-0.15, -0.1) is 11.3 Å². The van der Waals surface area contributed by atoms with Gasteiger partial charge in [-0.1, -0.05) is 19.1 Å². The fraction of sp³-hybridized carbons (Fsp3) is 0.400. The number of aliphatic imine (C=N–C) groups is 1. The van der Waals surface area contributed by atoms with Crippen molar-refractivity contribution >= 4 is 28.9 Å². The second-order valence-corrected chi connectivity index (χ2v) is 7.10. The van der Waals surface area contributed by atoms with Gasteiger partial charge in [0.15, 0.2) is 5.96 Å². The number of guanidine groups is 1. The molecule has 6 nitrogen and oxygen atoms in total. The fourth-order valence-corrected chi connectivity index (χ4v) is 3.22. The van der Waals surface area contributed by atoms with E-state index in [1.54, 1.807) is 11.3 Å². The molecule has 2 aromatic rings. The van der Waals surface area contributed by atoms with Gasteiger partial charge in [0.25, 0.3) is 0 Å². The average Bonchev–Trinajstić information content (AvgIpc) is 3.17. The molecule has 0 bridgehead atoms. The zero-order valence-electron chi connectivity index (χ0n) is 16.1. The van der Waals surface area contributed by atoms with Gasteiger partial charge in [-0.2, -0.15) is 0 Å². The highest BCUT2D eigenvalue weighted by molar-refractivity contribution is 7.10. The van der Waals surface area contributed by atoms with Crippen molar-refractivity contribution in [2.24, 2.45) is 4.99 Å². The predicted molar refractivity (Wildman–Crippen MR) is 113 cm³/mol. The van der Waals surface area contributed by atoms with Gasteiger partial charge < -0.3 is 20.7 Å². The van der Waals surface area contributed by atoms with Crippen LogP contribution in [-0.2, 0) is 4.79 Å². The van der Waals surface area contributed by atoms with Crippen molar-refractivity contribution in [1.29, 1.82) is 0 Å². The number of benzene rings is 1. The molecular weight excluding hydrogens is 360 g/mol. The lowest BCUT2D eigenvalue weighted by molar-refractivity contribution is -0.114. The fourth-order valence-electron chi connectivity index (χ4n) is 2.44. The van der Waals surface area contributed by atoms with E-state index in [0.29, 0.717) is 19.1 Å². The smallest absolute Gasteiger partial charge is 0.221 e. The van der Waals surface area contributed by atoms with Crippen LogP contribution in [0.1, 0.15) is 31.6 Å². The molecule has 0 spiro atoms. The molecule has 7 heteroatoms. The normalized spacial score (nSPS) is 12.3. The molecule has 1 heterocycles. The topological polar surface area (TPSA) is 74.8 Å². The van der Waals surface area contributed by atoms with Crippen LogP contribution in [-0.4, -0.2) is 38.1 Å².